The molecule has 0 bridgehead atoms. The van der Waals surface area contributed by atoms with Crippen molar-refractivity contribution in [3.8, 4) is 0 Å². The van der Waals surface area contributed by atoms with Crippen LogP contribution in [0.2, 0.25) is 5.02 Å². The van der Waals surface area contributed by atoms with Crippen LogP contribution in [0.25, 0.3) is 0 Å². The fourth-order valence-corrected chi connectivity index (χ4v) is 3.94. The molecule has 1 aromatic heterocycles. The number of carbonyl (C=O) groups excluding carboxylic acids is 2. The van der Waals surface area contributed by atoms with E-state index < -0.39 is 47.1 Å². The molecule has 5 nitrogen and oxygen atoms in total. The number of carbonyl (C=O) groups is 2. The minimum Gasteiger partial charge on any atom is -0.363 e. The first kappa shape index (κ1) is 19.6. The number of alkyl halides is 3. The summed E-state index contributed by atoms with van der Waals surface area (Å²) in [5, 5.41) is 15.0. The van der Waals surface area contributed by atoms with Crippen LogP contribution in [-0.4, -0.2) is 28.8 Å². The fourth-order valence-electron chi connectivity index (χ4n) is 2.96. The molecule has 1 aromatic carbocycles. The van der Waals surface area contributed by atoms with Crippen molar-refractivity contribution in [2.45, 2.75) is 17.9 Å². The number of amides is 2. The molecule has 144 valence electrons. The Morgan fingerprint density at radius 1 is 1.26 bits per heavy atom. The third kappa shape index (κ3) is 3.28. The number of nitrogens with one attached hydrogen (secondary N) is 2. The number of rotatable bonds is 3. The van der Waals surface area contributed by atoms with E-state index in [0.29, 0.717) is 0 Å². The summed E-state index contributed by atoms with van der Waals surface area (Å²) in [6.07, 6.45) is -5.42. The largest absolute Gasteiger partial charge is 0.437 e. The fraction of sp³-hybridized carbons (Fsp3) is 0.250. The van der Waals surface area contributed by atoms with Gasteiger partial charge in [-0.05, 0) is 23.6 Å². The number of ketones is 1. The zero-order valence-corrected chi connectivity index (χ0v) is 14.8. The Morgan fingerprint density at radius 3 is 2.52 bits per heavy atom. The number of hydrogen-bond acceptors (Lipinski definition) is 4. The number of benzene rings is 1. The predicted octanol–water partition coefficient (Wildman–Crippen LogP) is 3.64. The highest BCUT2D eigenvalue weighted by Gasteiger charge is 2.66. The van der Waals surface area contributed by atoms with E-state index >= 15 is 0 Å². The summed E-state index contributed by atoms with van der Waals surface area (Å²) in [6, 6.07) is 2.77. The smallest absolute Gasteiger partial charge is 0.363 e. The maximum Gasteiger partial charge on any atom is 0.437 e. The lowest BCUT2D eigenvalue weighted by molar-refractivity contribution is -0.287. The number of hydrogen-bond donors (Lipinski definition) is 3. The molecule has 1 saturated heterocycles. The molecule has 1 aliphatic heterocycles. The summed E-state index contributed by atoms with van der Waals surface area (Å²) in [5.41, 5.74) is -4.45. The van der Waals surface area contributed by atoms with E-state index in [9.17, 15) is 32.3 Å². The number of urea groups is 1. The summed E-state index contributed by atoms with van der Waals surface area (Å²) >= 11 is 6.78. The zero-order chi connectivity index (χ0) is 20.0. The molecule has 0 radical (unpaired) electrons. The molecule has 3 rings (SSSR count). The highest BCUT2D eigenvalue weighted by Crippen LogP contribution is 2.45. The standard InChI is InChI=1S/C16H11ClF4N2O3S/c17-7-3-1-4-8(18)10(7)12-11(13(24)9-5-2-6-27-9)15(26,16(19,20)21)23-14(25)22-12/h1-6,11-12,26H,(H2,22,23,25)/t11-,12+,15-/m0/s1. The number of Topliss-reactive ketones (excluding diaryl/α,β-unsaturated/α-hetero) is 1. The van der Waals surface area contributed by atoms with Gasteiger partial charge in [0.2, 0.25) is 5.72 Å². The maximum atomic E-state index is 14.4. The second-order valence-corrected chi connectivity index (χ2v) is 7.15. The Bertz CT molecular complexity index is 870. The van der Waals surface area contributed by atoms with Gasteiger partial charge in [-0.25, -0.2) is 9.18 Å². The van der Waals surface area contributed by atoms with Gasteiger partial charge in [-0.1, -0.05) is 23.7 Å². The molecule has 11 heteroatoms. The lowest BCUT2D eigenvalue weighted by atomic mass is 9.78. The van der Waals surface area contributed by atoms with Gasteiger partial charge >= 0.3 is 12.2 Å². The van der Waals surface area contributed by atoms with Crippen molar-refractivity contribution in [2.24, 2.45) is 5.92 Å². The van der Waals surface area contributed by atoms with E-state index in [-0.39, 0.29) is 9.90 Å². The average Bonchev–Trinajstić information content (AvgIpc) is 3.07. The molecule has 3 N–H and O–H groups in total. The lowest BCUT2D eigenvalue weighted by Gasteiger charge is -2.45. The van der Waals surface area contributed by atoms with Crippen LogP contribution >= 0.6 is 22.9 Å². The topological polar surface area (TPSA) is 78.4 Å². The molecule has 0 aliphatic carbocycles. The first-order valence-electron chi connectivity index (χ1n) is 7.45. The van der Waals surface area contributed by atoms with Crippen LogP contribution in [-0.2, 0) is 0 Å². The number of halogens is 5. The summed E-state index contributed by atoms with van der Waals surface area (Å²) in [5.74, 6) is -4.46. The zero-order valence-electron chi connectivity index (χ0n) is 13.2. The van der Waals surface area contributed by atoms with Crippen molar-refractivity contribution >= 4 is 34.8 Å². The van der Waals surface area contributed by atoms with Crippen LogP contribution in [0.3, 0.4) is 0 Å². The van der Waals surface area contributed by atoms with Crippen molar-refractivity contribution in [3.05, 3.63) is 57.0 Å². The van der Waals surface area contributed by atoms with Gasteiger partial charge in [-0.2, -0.15) is 13.2 Å². The molecule has 2 aromatic rings. The Kier molecular flexibility index (Phi) is 4.91. The molecule has 0 spiro atoms. The van der Waals surface area contributed by atoms with Gasteiger partial charge < -0.3 is 15.7 Å². The molecule has 0 saturated carbocycles. The Morgan fingerprint density at radius 2 is 1.96 bits per heavy atom. The minimum absolute atomic E-state index is 0.0990. The quantitative estimate of drug-likeness (QED) is 0.522. The second kappa shape index (κ2) is 6.77. The molecular weight excluding hydrogens is 412 g/mol. The molecule has 3 atom stereocenters. The summed E-state index contributed by atoms with van der Waals surface area (Å²) in [7, 11) is 0. The van der Waals surface area contributed by atoms with Gasteiger partial charge in [0, 0.05) is 10.6 Å². The summed E-state index contributed by atoms with van der Waals surface area (Å²) in [4.78, 5) is 24.6. The van der Waals surface area contributed by atoms with Gasteiger partial charge in [-0.3, -0.25) is 4.79 Å². The van der Waals surface area contributed by atoms with E-state index in [0.717, 1.165) is 17.4 Å². The van der Waals surface area contributed by atoms with Gasteiger partial charge in [0.25, 0.3) is 0 Å². The van der Waals surface area contributed by atoms with E-state index in [4.69, 9.17) is 11.6 Å². The maximum absolute atomic E-state index is 14.4. The van der Waals surface area contributed by atoms with E-state index in [1.165, 1.54) is 35.0 Å². The molecule has 2 amide bonds. The Labute approximate surface area is 158 Å². The third-order valence-electron chi connectivity index (χ3n) is 4.16. The van der Waals surface area contributed by atoms with Gasteiger partial charge in [0.1, 0.15) is 11.7 Å². The monoisotopic (exact) mass is 422 g/mol. The van der Waals surface area contributed by atoms with Gasteiger partial charge in [0.15, 0.2) is 5.78 Å². The van der Waals surface area contributed by atoms with Crippen LogP contribution < -0.4 is 10.6 Å². The summed E-state index contributed by atoms with van der Waals surface area (Å²) in [6.45, 7) is 0. The molecular formula is C16H11ClF4N2O3S. The van der Waals surface area contributed by atoms with Crippen molar-refractivity contribution in [1.29, 1.82) is 0 Å². The number of thiophene rings is 1. The Balaban J connectivity index is 2.23. The molecule has 2 heterocycles. The SMILES string of the molecule is O=C1N[C@H](c2c(F)cccc2Cl)[C@@H](C(=O)c2cccs2)[C@](O)(C(F)(F)F)N1. The first-order chi connectivity index (χ1) is 12.6. The number of aliphatic hydroxyl groups is 1. The minimum atomic E-state index is -5.42. The molecule has 1 fully saturated rings. The third-order valence-corrected chi connectivity index (χ3v) is 5.38. The van der Waals surface area contributed by atoms with E-state index in [2.05, 4.69) is 5.32 Å². The molecule has 1 aliphatic rings. The Hall–Kier alpha value is -2.17. The predicted molar refractivity (Wildman–Crippen MR) is 89.0 cm³/mol. The van der Waals surface area contributed by atoms with Crippen molar-refractivity contribution in [1.82, 2.24) is 10.6 Å². The van der Waals surface area contributed by atoms with Crippen molar-refractivity contribution < 1.29 is 32.3 Å². The van der Waals surface area contributed by atoms with Crippen molar-refractivity contribution in [3.63, 3.8) is 0 Å². The van der Waals surface area contributed by atoms with E-state index in [1.807, 2.05) is 0 Å². The molecule has 27 heavy (non-hydrogen) atoms. The van der Waals surface area contributed by atoms with E-state index in [1.54, 1.807) is 0 Å². The van der Waals surface area contributed by atoms with Crippen LogP contribution in [0, 0.1) is 11.7 Å². The normalized spacial score (nSPS) is 25.6. The second-order valence-electron chi connectivity index (χ2n) is 5.79. The first-order valence-corrected chi connectivity index (χ1v) is 8.71. The summed E-state index contributed by atoms with van der Waals surface area (Å²) < 4.78 is 55.4. The van der Waals surface area contributed by atoms with Gasteiger partial charge in [0.05, 0.1) is 10.9 Å². The highest BCUT2D eigenvalue weighted by atomic mass is 35.5. The van der Waals surface area contributed by atoms with Crippen molar-refractivity contribution in [2.75, 3.05) is 0 Å². The molecule has 0 unspecified atom stereocenters. The van der Waals surface area contributed by atoms with Crippen LogP contribution in [0.4, 0.5) is 22.4 Å². The lowest BCUT2D eigenvalue weighted by Crippen LogP contribution is -2.72. The van der Waals surface area contributed by atoms with Crippen LogP contribution in [0.1, 0.15) is 21.3 Å². The van der Waals surface area contributed by atoms with Crippen LogP contribution in [0.15, 0.2) is 35.7 Å². The van der Waals surface area contributed by atoms with Crippen LogP contribution in [0.5, 0.6) is 0 Å². The van der Waals surface area contributed by atoms with Gasteiger partial charge in [-0.15, -0.1) is 11.3 Å². The highest BCUT2D eigenvalue weighted by molar-refractivity contribution is 7.12. The average molecular weight is 423 g/mol.